The molecule has 0 saturated heterocycles. The minimum absolute atomic E-state index is 0.284. The number of amides is 1. The monoisotopic (exact) mass is 358 g/mol. The van der Waals surface area contributed by atoms with Gasteiger partial charge in [-0.3, -0.25) is 9.89 Å². The Morgan fingerprint density at radius 3 is 2.50 bits per heavy atom. The zero-order chi connectivity index (χ0) is 16.9. The highest BCUT2D eigenvalue weighted by Gasteiger charge is 2.11. The van der Waals surface area contributed by atoms with Gasteiger partial charge in [-0.25, -0.2) is 5.43 Å². The Hall–Kier alpha value is -2.63. The predicted octanol–water partition coefficient (Wildman–Crippen LogP) is 4.15. The van der Waals surface area contributed by atoms with Gasteiger partial charge in [-0.15, -0.1) is 0 Å². The molecule has 0 unspecified atom stereocenters. The van der Waals surface area contributed by atoms with Crippen LogP contribution in [-0.2, 0) is 0 Å². The fourth-order valence-corrected chi connectivity index (χ4v) is 2.58. The zero-order valence-electron chi connectivity index (χ0n) is 12.3. The van der Waals surface area contributed by atoms with Crippen molar-refractivity contribution in [2.75, 3.05) is 0 Å². The number of nitrogens with one attached hydrogen (secondary N) is 2. The van der Waals surface area contributed by atoms with Gasteiger partial charge in [0.2, 0.25) is 0 Å². The van der Waals surface area contributed by atoms with E-state index in [9.17, 15) is 4.79 Å². The molecule has 3 aromatic rings. The van der Waals surface area contributed by atoms with Crippen molar-refractivity contribution in [3.05, 3.63) is 75.9 Å². The molecule has 0 fully saturated rings. The third-order valence-electron chi connectivity index (χ3n) is 3.16. The van der Waals surface area contributed by atoms with Crippen LogP contribution in [0.1, 0.15) is 16.1 Å². The lowest BCUT2D eigenvalue weighted by Crippen LogP contribution is -2.17. The Morgan fingerprint density at radius 1 is 1.08 bits per heavy atom. The number of carbonyl (C=O) groups excluding carboxylic acids is 1. The fraction of sp³-hybridized carbons (Fsp3) is 0. The van der Waals surface area contributed by atoms with E-state index in [2.05, 4.69) is 20.7 Å². The number of H-pyrrole nitrogens is 1. The molecule has 7 heteroatoms. The Morgan fingerprint density at radius 2 is 1.79 bits per heavy atom. The lowest BCUT2D eigenvalue weighted by molar-refractivity contribution is 0.0950. The van der Waals surface area contributed by atoms with Gasteiger partial charge in [0.25, 0.3) is 5.91 Å². The molecule has 0 saturated carbocycles. The number of aromatic nitrogens is 2. The Bertz CT molecular complexity index is 870. The number of rotatable bonds is 4. The van der Waals surface area contributed by atoms with Crippen LogP contribution in [0.3, 0.4) is 0 Å². The van der Waals surface area contributed by atoms with E-state index in [1.807, 2.05) is 30.3 Å². The molecule has 1 aromatic heterocycles. The van der Waals surface area contributed by atoms with Crippen LogP contribution in [-0.4, -0.2) is 22.3 Å². The second-order valence-electron chi connectivity index (χ2n) is 4.93. The normalized spacial score (nSPS) is 10.9. The van der Waals surface area contributed by atoms with Crippen LogP contribution in [0.4, 0.5) is 0 Å². The third-order valence-corrected chi connectivity index (χ3v) is 3.60. The van der Waals surface area contributed by atoms with Crippen molar-refractivity contribution < 1.29 is 4.79 Å². The minimum Gasteiger partial charge on any atom is -0.272 e. The molecule has 2 N–H and O–H groups in total. The average Bonchev–Trinajstić information content (AvgIpc) is 3.05. The Kier molecular flexibility index (Phi) is 4.93. The van der Waals surface area contributed by atoms with Gasteiger partial charge in [0, 0.05) is 15.6 Å². The molecule has 0 spiro atoms. The van der Waals surface area contributed by atoms with E-state index >= 15 is 0 Å². The molecule has 0 aliphatic rings. The number of benzene rings is 2. The molecule has 24 heavy (non-hydrogen) atoms. The summed E-state index contributed by atoms with van der Waals surface area (Å²) in [5.41, 5.74) is 4.90. The zero-order valence-corrected chi connectivity index (χ0v) is 13.8. The maximum Gasteiger partial charge on any atom is 0.289 e. The molecule has 5 nitrogen and oxygen atoms in total. The van der Waals surface area contributed by atoms with Crippen LogP contribution in [0.15, 0.2) is 59.7 Å². The molecule has 0 radical (unpaired) electrons. The van der Waals surface area contributed by atoms with Gasteiger partial charge in [0.15, 0.2) is 0 Å². The molecule has 3 rings (SSSR count). The first-order valence-electron chi connectivity index (χ1n) is 7.02. The van der Waals surface area contributed by atoms with Gasteiger partial charge in [0.1, 0.15) is 5.69 Å². The molecule has 0 aliphatic heterocycles. The fourth-order valence-electron chi connectivity index (χ4n) is 2.05. The largest absolute Gasteiger partial charge is 0.289 e. The molecule has 120 valence electrons. The van der Waals surface area contributed by atoms with Crippen molar-refractivity contribution in [2.24, 2.45) is 5.10 Å². The lowest BCUT2D eigenvalue weighted by Gasteiger charge is -1.98. The van der Waals surface area contributed by atoms with Crippen molar-refractivity contribution >= 4 is 35.3 Å². The first-order chi connectivity index (χ1) is 11.6. The first kappa shape index (κ1) is 16.2. The van der Waals surface area contributed by atoms with Gasteiger partial charge in [-0.1, -0.05) is 53.5 Å². The topological polar surface area (TPSA) is 70.1 Å². The van der Waals surface area contributed by atoms with Gasteiger partial charge in [-0.2, -0.15) is 10.2 Å². The molecular formula is C17H12Cl2N4O. The maximum absolute atomic E-state index is 12.1. The highest BCUT2D eigenvalue weighted by molar-refractivity contribution is 6.35. The smallest absolute Gasteiger partial charge is 0.272 e. The maximum atomic E-state index is 12.1. The van der Waals surface area contributed by atoms with Crippen molar-refractivity contribution in [1.82, 2.24) is 15.6 Å². The average molecular weight is 359 g/mol. The highest BCUT2D eigenvalue weighted by Crippen LogP contribution is 2.26. The van der Waals surface area contributed by atoms with Gasteiger partial charge >= 0.3 is 0 Å². The van der Waals surface area contributed by atoms with Crippen LogP contribution in [0.5, 0.6) is 0 Å². The second-order valence-corrected chi connectivity index (χ2v) is 5.81. The van der Waals surface area contributed by atoms with Crippen LogP contribution < -0.4 is 5.43 Å². The molecule has 1 heterocycles. The molecule has 0 bridgehead atoms. The van der Waals surface area contributed by atoms with Gasteiger partial charge < -0.3 is 0 Å². The number of carbonyl (C=O) groups is 1. The van der Waals surface area contributed by atoms with E-state index in [0.29, 0.717) is 15.7 Å². The second kappa shape index (κ2) is 7.29. The van der Waals surface area contributed by atoms with E-state index in [-0.39, 0.29) is 5.69 Å². The quantitative estimate of drug-likeness (QED) is 0.543. The number of nitrogens with zero attached hydrogens (tertiary/aromatic N) is 2. The number of aromatic amines is 1. The molecule has 0 atom stereocenters. The van der Waals surface area contributed by atoms with Gasteiger partial charge in [-0.05, 0) is 29.8 Å². The van der Waals surface area contributed by atoms with E-state index in [4.69, 9.17) is 23.2 Å². The van der Waals surface area contributed by atoms with Crippen LogP contribution in [0.25, 0.3) is 11.3 Å². The Labute approximate surface area is 148 Å². The van der Waals surface area contributed by atoms with Crippen molar-refractivity contribution in [3.63, 3.8) is 0 Å². The summed E-state index contributed by atoms with van der Waals surface area (Å²) in [5.74, 6) is -0.394. The van der Waals surface area contributed by atoms with Gasteiger partial charge in [0.05, 0.1) is 11.9 Å². The van der Waals surface area contributed by atoms with Crippen LogP contribution in [0.2, 0.25) is 10.0 Å². The number of hydrazone groups is 1. The molecule has 2 aromatic carbocycles. The first-order valence-corrected chi connectivity index (χ1v) is 7.78. The molecule has 1 amide bonds. The van der Waals surface area contributed by atoms with E-state index in [0.717, 1.165) is 11.1 Å². The summed E-state index contributed by atoms with van der Waals surface area (Å²) in [7, 11) is 0. The van der Waals surface area contributed by atoms with Crippen LogP contribution >= 0.6 is 23.2 Å². The highest BCUT2D eigenvalue weighted by atomic mass is 35.5. The van der Waals surface area contributed by atoms with E-state index < -0.39 is 5.91 Å². The summed E-state index contributed by atoms with van der Waals surface area (Å²) in [6.07, 6.45) is 1.56. The van der Waals surface area contributed by atoms with E-state index in [1.54, 1.807) is 30.5 Å². The summed E-state index contributed by atoms with van der Waals surface area (Å²) in [6, 6.07) is 16.1. The standard InChI is InChI=1S/C17H12Cl2N4O/c18-13-6-12(7-14(19)8-13)15-9-16(22-21-15)17(24)23-20-10-11-4-2-1-3-5-11/h1-10H,(H,21,22)(H,23,24). The van der Waals surface area contributed by atoms with Crippen molar-refractivity contribution in [2.45, 2.75) is 0 Å². The van der Waals surface area contributed by atoms with Crippen molar-refractivity contribution in [3.8, 4) is 11.3 Å². The summed E-state index contributed by atoms with van der Waals surface area (Å²) in [5, 5.41) is 11.7. The van der Waals surface area contributed by atoms with Crippen molar-refractivity contribution in [1.29, 1.82) is 0 Å². The van der Waals surface area contributed by atoms with E-state index in [1.165, 1.54) is 0 Å². The number of halogens is 2. The number of hydrogen-bond donors (Lipinski definition) is 2. The lowest BCUT2D eigenvalue weighted by atomic mass is 10.1. The van der Waals surface area contributed by atoms with Crippen LogP contribution in [0, 0.1) is 0 Å². The summed E-state index contributed by atoms with van der Waals surface area (Å²) < 4.78 is 0. The summed E-state index contributed by atoms with van der Waals surface area (Å²) >= 11 is 12.0. The third kappa shape index (κ3) is 4.01. The Balaban J connectivity index is 1.71. The molecule has 0 aliphatic carbocycles. The minimum atomic E-state index is -0.394. The predicted molar refractivity (Wildman–Crippen MR) is 95.5 cm³/mol. The number of hydrogen-bond acceptors (Lipinski definition) is 3. The summed E-state index contributed by atoms with van der Waals surface area (Å²) in [4.78, 5) is 12.1. The molecular weight excluding hydrogens is 347 g/mol. The SMILES string of the molecule is O=C(NN=Cc1ccccc1)c1cc(-c2cc(Cl)cc(Cl)c2)n[nH]1. The summed E-state index contributed by atoms with van der Waals surface area (Å²) in [6.45, 7) is 0.